The lowest BCUT2D eigenvalue weighted by Crippen LogP contribution is -1.87. The number of fused-ring (bicyclic) bond motifs is 2. The van der Waals surface area contributed by atoms with Crippen LogP contribution in [0.5, 0.6) is 0 Å². The van der Waals surface area contributed by atoms with E-state index in [0.29, 0.717) is 15.9 Å². The molecule has 0 spiro atoms. The van der Waals surface area contributed by atoms with Crippen molar-refractivity contribution in [1.82, 2.24) is 35.1 Å². The van der Waals surface area contributed by atoms with Crippen LogP contribution in [0.1, 0.15) is 0 Å². The van der Waals surface area contributed by atoms with E-state index in [1.807, 2.05) is 42.5 Å². The Bertz CT molecular complexity index is 1520. The van der Waals surface area contributed by atoms with Crippen molar-refractivity contribution >= 4 is 45.0 Å². The van der Waals surface area contributed by atoms with Gasteiger partial charge in [-0.05, 0) is 42.5 Å². The maximum absolute atomic E-state index is 6.11. The zero-order chi connectivity index (χ0) is 20.1. The maximum Gasteiger partial charge on any atom is 0.161 e. The van der Waals surface area contributed by atoms with Crippen LogP contribution in [0.25, 0.3) is 55.4 Å². The van der Waals surface area contributed by atoms with E-state index >= 15 is 0 Å². The number of hydrogen-bond donors (Lipinski definition) is 2. The number of nitrogens with one attached hydrogen (secondary N) is 2. The summed E-state index contributed by atoms with van der Waals surface area (Å²) in [7, 11) is 0. The predicted molar refractivity (Wildman–Crippen MR) is 118 cm³/mol. The van der Waals surface area contributed by atoms with Crippen LogP contribution in [-0.4, -0.2) is 35.1 Å². The van der Waals surface area contributed by atoms with Gasteiger partial charge >= 0.3 is 0 Å². The molecular weight excluding hydrogens is 418 g/mol. The molecule has 7 nitrogen and oxygen atoms in total. The van der Waals surface area contributed by atoms with Crippen molar-refractivity contribution in [2.75, 3.05) is 0 Å². The number of rotatable bonds is 3. The highest BCUT2D eigenvalue weighted by molar-refractivity contribution is 7.19. The Morgan fingerprint density at radius 1 is 0.800 bits per heavy atom. The molecule has 0 saturated carbocycles. The van der Waals surface area contributed by atoms with Gasteiger partial charge in [0.2, 0.25) is 0 Å². The summed E-state index contributed by atoms with van der Waals surface area (Å²) in [5, 5.41) is 7.51. The molecule has 2 N–H and O–H groups in total. The Kier molecular flexibility index (Phi) is 3.87. The molecule has 0 saturated heterocycles. The SMILES string of the molecule is Clc1ccc(-c2nccc3[nH]c(-c4n[nH]c5ccc(-c6ccncc6)nc45)nc23)s1. The van der Waals surface area contributed by atoms with Crippen molar-refractivity contribution in [2.24, 2.45) is 0 Å². The summed E-state index contributed by atoms with van der Waals surface area (Å²) in [6, 6.07) is 13.5. The number of thiophene rings is 1. The molecule has 0 atom stereocenters. The number of pyridine rings is 3. The minimum atomic E-state index is 0.632. The van der Waals surface area contributed by atoms with E-state index < -0.39 is 0 Å². The topological polar surface area (TPSA) is 96.0 Å². The Balaban J connectivity index is 1.52. The second kappa shape index (κ2) is 6.72. The van der Waals surface area contributed by atoms with Gasteiger partial charge in [0.15, 0.2) is 11.5 Å². The van der Waals surface area contributed by atoms with E-state index in [4.69, 9.17) is 21.6 Å². The average molecular weight is 430 g/mol. The average Bonchev–Trinajstić information content (AvgIpc) is 3.51. The van der Waals surface area contributed by atoms with Crippen LogP contribution in [0, 0.1) is 0 Å². The van der Waals surface area contributed by atoms with Crippen LogP contribution in [0.3, 0.4) is 0 Å². The second-order valence-electron chi connectivity index (χ2n) is 6.65. The van der Waals surface area contributed by atoms with Crippen LogP contribution >= 0.6 is 22.9 Å². The van der Waals surface area contributed by atoms with Crippen molar-refractivity contribution < 1.29 is 0 Å². The molecule has 0 radical (unpaired) electrons. The summed E-state index contributed by atoms with van der Waals surface area (Å²) >= 11 is 7.59. The standard InChI is InChI=1S/C21H12ClN7S/c22-16-4-3-15(30-16)19-17-13(7-10-24-19)26-21(27-17)20-18-14(28-29-20)2-1-12(25-18)11-5-8-23-9-6-11/h1-10H,(H,26,27)(H,28,29). The van der Waals surface area contributed by atoms with Gasteiger partial charge in [-0.2, -0.15) is 5.10 Å². The zero-order valence-electron chi connectivity index (χ0n) is 15.3. The first kappa shape index (κ1) is 17.3. The molecule has 6 rings (SSSR count). The van der Waals surface area contributed by atoms with Gasteiger partial charge in [0.25, 0.3) is 0 Å². The highest BCUT2D eigenvalue weighted by atomic mass is 35.5. The first-order valence-electron chi connectivity index (χ1n) is 9.12. The molecule has 0 unspecified atom stereocenters. The van der Waals surface area contributed by atoms with Crippen LogP contribution in [-0.2, 0) is 0 Å². The lowest BCUT2D eigenvalue weighted by atomic mass is 10.1. The van der Waals surface area contributed by atoms with E-state index in [9.17, 15) is 0 Å². The van der Waals surface area contributed by atoms with Gasteiger partial charge in [-0.25, -0.2) is 9.97 Å². The quantitative estimate of drug-likeness (QED) is 0.395. The van der Waals surface area contributed by atoms with Crippen molar-refractivity contribution in [3.05, 3.63) is 65.4 Å². The normalized spacial score (nSPS) is 11.5. The Labute approximate surface area is 178 Å². The number of aromatic nitrogens is 7. The monoisotopic (exact) mass is 429 g/mol. The van der Waals surface area contributed by atoms with Crippen molar-refractivity contribution in [3.8, 4) is 33.3 Å². The molecule has 0 amide bonds. The lowest BCUT2D eigenvalue weighted by Gasteiger charge is -2.00. The minimum Gasteiger partial charge on any atom is -0.336 e. The first-order chi connectivity index (χ1) is 14.8. The largest absolute Gasteiger partial charge is 0.336 e. The van der Waals surface area contributed by atoms with Crippen molar-refractivity contribution in [2.45, 2.75) is 0 Å². The molecule has 0 aliphatic carbocycles. The molecule has 6 aromatic heterocycles. The van der Waals surface area contributed by atoms with E-state index in [1.165, 1.54) is 11.3 Å². The lowest BCUT2D eigenvalue weighted by molar-refractivity contribution is 1.10. The van der Waals surface area contributed by atoms with Crippen LogP contribution in [0.2, 0.25) is 4.34 Å². The van der Waals surface area contributed by atoms with E-state index in [-0.39, 0.29) is 0 Å². The third-order valence-electron chi connectivity index (χ3n) is 4.82. The number of H-pyrrole nitrogens is 2. The molecule has 0 aliphatic rings. The van der Waals surface area contributed by atoms with Gasteiger partial charge < -0.3 is 4.98 Å². The zero-order valence-corrected chi connectivity index (χ0v) is 16.9. The molecule has 6 aromatic rings. The Morgan fingerprint density at radius 3 is 2.50 bits per heavy atom. The van der Waals surface area contributed by atoms with Crippen LogP contribution in [0.4, 0.5) is 0 Å². The fraction of sp³-hybridized carbons (Fsp3) is 0. The van der Waals surface area contributed by atoms with Gasteiger partial charge in [-0.1, -0.05) is 11.6 Å². The maximum atomic E-state index is 6.11. The highest BCUT2D eigenvalue weighted by Gasteiger charge is 2.17. The molecule has 0 aromatic carbocycles. The number of halogens is 1. The molecule has 0 aliphatic heterocycles. The van der Waals surface area contributed by atoms with Crippen molar-refractivity contribution in [1.29, 1.82) is 0 Å². The third-order valence-corrected chi connectivity index (χ3v) is 6.05. The summed E-state index contributed by atoms with van der Waals surface area (Å²) in [5.74, 6) is 0.632. The third kappa shape index (κ3) is 2.77. The second-order valence-corrected chi connectivity index (χ2v) is 8.36. The summed E-state index contributed by atoms with van der Waals surface area (Å²) in [6.07, 6.45) is 5.26. The van der Waals surface area contributed by atoms with Gasteiger partial charge in [0.1, 0.15) is 16.7 Å². The summed E-state index contributed by atoms with van der Waals surface area (Å²) in [4.78, 5) is 22.5. The molecular formula is C21H12ClN7S. The predicted octanol–water partition coefficient (Wildman–Crippen LogP) is 5.34. The van der Waals surface area contributed by atoms with Gasteiger partial charge in [-0.15, -0.1) is 11.3 Å². The first-order valence-corrected chi connectivity index (χ1v) is 10.3. The van der Waals surface area contributed by atoms with Crippen LogP contribution < -0.4 is 0 Å². The van der Waals surface area contributed by atoms with E-state index in [0.717, 1.165) is 43.9 Å². The number of nitrogens with zero attached hydrogens (tertiary/aromatic N) is 5. The van der Waals surface area contributed by atoms with E-state index in [2.05, 4.69) is 25.1 Å². The summed E-state index contributed by atoms with van der Waals surface area (Å²) in [6.45, 7) is 0. The fourth-order valence-corrected chi connectivity index (χ4v) is 4.46. The van der Waals surface area contributed by atoms with E-state index in [1.54, 1.807) is 18.6 Å². The van der Waals surface area contributed by atoms with Crippen LogP contribution in [0.15, 0.2) is 61.1 Å². The fourth-order valence-electron chi connectivity index (χ4n) is 3.42. The van der Waals surface area contributed by atoms with Gasteiger partial charge in [0.05, 0.1) is 25.9 Å². The van der Waals surface area contributed by atoms with Gasteiger partial charge in [0, 0.05) is 24.2 Å². The highest BCUT2D eigenvalue weighted by Crippen LogP contribution is 2.34. The summed E-state index contributed by atoms with van der Waals surface area (Å²) in [5.41, 5.74) is 6.52. The minimum absolute atomic E-state index is 0.632. The molecule has 0 fully saturated rings. The smallest absolute Gasteiger partial charge is 0.161 e. The van der Waals surface area contributed by atoms with Crippen molar-refractivity contribution in [3.63, 3.8) is 0 Å². The summed E-state index contributed by atoms with van der Waals surface area (Å²) < 4.78 is 0.714. The molecule has 6 heterocycles. The van der Waals surface area contributed by atoms with Gasteiger partial charge in [-0.3, -0.25) is 15.1 Å². The molecule has 144 valence electrons. The molecule has 0 bridgehead atoms. The molecule has 9 heteroatoms. The number of hydrogen-bond acceptors (Lipinski definition) is 6. The number of aromatic amines is 2. The Hall–Kier alpha value is -3.62. The Morgan fingerprint density at radius 2 is 1.67 bits per heavy atom. The number of imidazole rings is 1. The molecule has 30 heavy (non-hydrogen) atoms.